The van der Waals surface area contributed by atoms with Crippen LogP contribution in [0.2, 0.25) is 0 Å². The van der Waals surface area contributed by atoms with E-state index in [4.69, 9.17) is 4.74 Å². The van der Waals surface area contributed by atoms with Crippen LogP contribution >= 0.6 is 0 Å². The molecular weight excluding hydrogens is 446 g/mol. The Morgan fingerprint density at radius 1 is 0.939 bits per heavy atom. The van der Waals surface area contributed by atoms with Crippen LogP contribution in [0.15, 0.2) is 53.4 Å². The molecule has 0 atom stereocenters. The average molecular weight is 472 g/mol. The van der Waals surface area contributed by atoms with E-state index in [0.717, 1.165) is 10.5 Å². The number of hydrogen-bond acceptors (Lipinski definition) is 6. The molecule has 1 saturated heterocycles. The summed E-state index contributed by atoms with van der Waals surface area (Å²) in [6.07, 6.45) is 0.541. The maximum Gasteiger partial charge on any atom is 0.261 e. The predicted molar refractivity (Wildman–Crippen MR) is 119 cm³/mol. The predicted octanol–water partition coefficient (Wildman–Crippen LogP) is 1.05. The van der Waals surface area contributed by atoms with Gasteiger partial charge in [0, 0.05) is 32.6 Å². The van der Waals surface area contributed by atoms with E-state index < -0.39 is 10.0 Å². The molecule has 33 heavy (non-hydrogen) atoms. The van der Waals surface area contributed by atoms with Gasteiger partial charge in [-0.05, 0) is 36.2 Å². The van der Waals surface area contributed by atoms with Crippen LogP contribution in [0, 0.1) is 0 Å². The third-order valence-electron chi connectivity index (χ3n) is 5.71. The van der Waals surface area contributed by atoms with Crippen molar-refractivity contribution in [3.8, 4) is 0 Å². The number of fused-ring (bicyclic) bond motifs is 1. The maximum absolute atomic E-state index is 12.7. The fourth-order valence-electron chi connectivity index (χ4n) is 3.85. The monoisotopic (exact) mass is 471 g/mol. The molecule has 4 rings (SSSR count). The van der Waals surface area contributed by atoms with Gasteiger partial charge in [-0.3, -0.25) is 19.3 Å². The number of nitrogens with zero attached hydrogens (tertiary/aromatic N) is 2. The quantitative estimate of drug-likeness (QED) is 0.576. The van der Waals surface area contributed by atoms with Crippen LogP contribution in [0.4, 0.5) is 0 Å². The topological polar surface area (TPSA) is 113 Å². The van der Waals surface area contributed by atoms with Gasteiger partial charge in [0.05, 0.1) is 29.2 Å². The van der Waals surface area contributed by atoms with Crippen LogP contribution < -0.4 is 5.32 Å². The number of ether oxygens (including phenoxy) is 1. The van der Waals surface area contributed by atoms with Crippen LogP contribution in [0.25, 0.3) is 0 Å². The van der Waals surface area contributed by atoms with Crippen molar-refractivity contribution < 1.29 is 27.5 Å². The average Bonchev–Trinajstić information content (AvgIpc) is 3.08. The van der Waals surface area contributed by atoms with E-state index in [2.05, 4.69) is 5.32 Å². The van der Waals surface area contributed by atoms with Gasteiger partial charge in [-0.25, -0.2) is 8.42 Å². The van der Waals surface area contributed by atoms with Gasteiger partial charge in [-0.2, -0.15) is 4.31 Å². The molecule has 1 N–H and O–H groups in total. The summed E-state index contributed by atoms with van der Waals surface area (Å²) in [6.45, 7) is 1.85. The highest BCUT2D eigenvalue weighted by Gasteiger charge is 2.35. The number of carbonyl (C=O) groups is 3. The maximum atomic E-state index is 12.7. The lowest BCUT2D eigenvalue weighted by molar-refractivity contribution is -0.121. The highest BCUT2D eigenvalue weighted by atomic mass is 32.2. The number of imide groups is 1. The molecule has 0 saturated carbocycles. The Bertz CT molecular complexity index is 1120. The summed E-state index contributed by atoms with van der Waals surface area (Å²) >= 11 is 0. The zero-order valence-corrected chi connectivity index (χ0v) is 18.8. The SMILES string of the molecule is O=C(CCN1C(=O)c2ccccc2C1=O)NCCc1ccc(S(=O)(=O)N2CCOCC2)cc1. The Morgan fingerprint density at radius 3 is 2.15 bits per heavy atom. The Labute approximate surface area is 192 Å². The fraction of sp³-hybridized carbons (Fsp3) is 0.348. The standard InChI is InChI=1S/C23H25N3O6S/c27-21(10-12-26-22(28)19-3-1-2-4-20(19)23(26)29)24-11-9-17-5-7-18(8-6-17)33(30,31)25-13-15-32-16-14-25/h1-8H,9-16H2,(H,24,27). The largest absolute Gasteiger partial charge is 0.379 e. The Hall–Kier alpha value is -3.08. The van der Waals surface area contributed by atoms with E-state index >= 15 is 0 Å². The normalized spacial score (nSPS) is 16.7. The molecule has 1 fully saturated rings. The second-order valence-electron chi connectivity index (χ2n) is 7.82. The van der Waals surface area contributed by atoms with Gasteiger partial charge in [0.25, 0.3) is 11.8 Å². The van der Waals surface area contributed by atoms with Crippen LogP contribution in [0.5, 0.6) is 0 Å². The number of sulfonamides is 1. The van der Waals surface area contributed by atoms with Gasteiger partial charge in [-0.1, -0.05) is 24.3 Å². The first-order valence-electron chi connectivity index (χ1n) is 10.8. The summed E-state index contributed by atoms with van der Waals surface area (Å²) in [7, 11) is -3.53. The number of carbonyl (C=O) groups excluding carboxylic acids is 3. The Balaban J connectivity index is 1.23. The summed E-state index contributed by atoms with van der Waals surface area (Å²) < 4.78 is 32.0. The number of benzene rings is 2. The molecule has 0 aromatic heterocycles. The van der Waals surface area contributed by atoms with Crippen LogP contribution in [-0.2, 0) is 26.0 Å². The van der Waals surface area contributed by atoms with Crippen molar-refractivity contribution in [3.63, 3.8) is 0 Å². The number of hydrogen-bond donors (Lipinski definition) is 1. The molecule has 0 spiro atoms. The third kappa shape index (κ3) is 4.97. The van der Waals surface area contributed by atoms with Crippen molar-refractivity contribution >= 4 is 27.7 Å². The lowest BCUT2D eigenvalue weighted by Gasteiger charge is -2.26. The smallest absolute Gasteiger partial charge is 0.261 e. The molecule has 9 nitrogen and oxygen atoms in total. The zero-order chi connectivity index (χ0) is 23.4. The van der Waals surface area contributed by atoms with Gasteiger partial charge in [0.2, 0.25) is 15.9 Å². The summed E-state index contributed by atoms with van der Waals surface area (Å²) in [5.41, 5.74) is 1.61. The lowest BCUT2D eigenvalue weighted by Crippen LogP contribution is -2.40. The van der Waals surface area contributed by atoms with Gasteiger partial charge in [0.1, 0.15) is 0 Å². The van der Waals surface area contributed by atoms with Gasteiger partial charge in [0.15, 0.2) is 0 Å². The molecule has 2 heterocycles. The molecule has 174 valence electrons. The molecule has 0 unspecified atom stereocenters. The first kappa shape index (κ1) is 23.1. The van der Waals surface area contributed by atoms with Crippen molar-refractivity contribution in [1.82, 2.24) is 14.5 Å². The summed E-state index contributed by atoms with van der Waals surface area (Å²) in [6, 6.07) is 13.2. The fourth-order valence-corrected chi connectivity index (χ4v) is 5.26. The van der Waals surface area contributed by atoms with E-state index in [0.29, 0.717) is 50.4 Å². The van der Waals surface area contributed by atoms with Crippen molar-refractivity contribution in [2.24, 2.45) is 0 Å². The molecule has 0 bridgehead atoms. The van der Waals surface area contributed by atoms with Gasteiger partial charge < -0.3 is 10.1 Å². The van der Waals surface area contributed by atoms with E-state index in [9.17, 15) is 22.8 Å². The second kappa shape index (κ2) is 9.82. The van der Waals surface area contributed by atoms with Crippen LogP contribution in [0.1, 0.15) is 32.7 Å². The van der Waals surface area contributed by atoms with E-state index in [1.54, 1.807) is 48.5 Å². The van der Waals surface area contributed by atoms with Crippen molar-refractivity contribution in [2.75, 3.05) is 39.4 Å². The molecule has 0 radical (unpaired) electrons. The van der Waals surface area contributed by atoms with Gasteiger partial charge in [-0.15, -0.1) is 0 Å². The Morgan fingerprint density at radius 2 is 1.55 bits per heavy atom. The van der Waals surface area contributed by atoms with Crippen LogP contribution in [-0.4, -0.2) is 74.7 Å². The number of amides is 3. The highest BCUT2D eigenvalue weighted by molar-refractivity contribution is 7.89. The lowest BCUT2D eigenvalue weighted by atomic mass is 10.1. The minimum atomic E-state index is -3.53. The molecule has 2 aliphatic rings. The molecular formula is C23H25N3O6S. The van der Waals surface area contributed by atoms with E-state index in [1.165, 1.54) is 4.31 Å². The van der Waals surface area contributed by atoms with Gasteiger partial charge >= 0.3 is 0 Å². The summed E-state index contributed by atoms with van der Waals surface area (Å²) in [4.78, 5) is 38.2. The minimum Gasteiger partial charge on any atom is -0.379 e. The molecule has 3 amide bonds. The first-order valence-corrected chi connectivity index (χ1v) is 12.2. The number of morpholine rings is 1. The molecule has 10 heteroatoms. The number of nitrogens with one attached hydrogen (secondary N) is 1. The van der Waals surface area contributed by atoms with E-state index in [1.807, 2.05) is 0 Å². The van der Waals surface area contributed by atoms with Crippen molar-refractivity contribution in [3.05, 3.63) is 65.2 Å². The molecule has 2 aliphatic heterocycles. The summed E-state index contributed by atoms with van der Waals surface area (Å²) in [5, 5.41) is 2.77. The first-order chi connectivity index (χ1) is 15.9. The summed E-state index contributed by atoms with van der Waals surface area (Å²) in [5.74, 6) is -1.02. The van der Waals surface area contributed by atoms with Crippen molar-refractivity contribution in [1.29, 1.82) is 0 Å². The second-order valence-corrected chi connectivity index (χ2v) is 9.76. The molecule has 2 aromatic rings. The molecule has 2 aromatic carbocycles. The van der Waals surface area contributed by atoms with Crippen molar-refractivity contribution in [2.45, 2.75) is 17.7 Å². The van der Waals surface area contributed by atoms with Crippen LogP contribution in [0.3, 0.4) is 0 Å². The zero-order valence-electron chi connectivity index (χ0n) is 18.0. The highest BCUT2D eigenvalue weighted by Crippen LogP contribution is 2.22. The Kier molecular flexibility index (Phi) is 6.87. The minimum absolute atomic E-state index is 0.0161. The van der Waals surface area contributed by atoms with E-state index in [-0.39, 0.29) is 35.6 Å². The third-order valence-corrected chi connectivity index (χ3v) is 7.62. The molecule has 0 aliphatic carbocycles. The number of rotatable bonds is 8.